The van der Waals surface area contributed by atoms with Gasteiger partial charge in [0.2, 0.25) is 0 Å². The standard InChI is InChI=1S/C13H18N4OS/c1-16-8-10(7-15-16)6-11-12(18)2-4-17(11)9-13-14-3-5-19-13/h3,5,7-8,11-12,18H,2,4,6,9H2,1H3/t11-,12-/m1/s1. The van der Waals surface area contributed by atoms with Crippen LogP contribution in [0.25, 0.3) is 0 Å². The molecule has 0 amide bonds. The molecular formula is C13H18N4OS. The van der Waals surface area contributed by atoms with Gasteiger partial charge >= 0.3 is 0 Å². The Labute approximate surface area is 116 Å². The average molecular weight is 278 g/mol. The number of likely N-dealkylation sites (tertiary alicyclic amines) is 1. The first-order valence-electron chi connectivity index (χ1n) is 6.50. The fourth-order valence-corrected chi connectivity index (χ4v) is 3.33. The van der Waals surface area contributed by atoms with Gasteiger partial charge in [0.25, 0.3) is 0 Å². The molecule has 0 spiro atoms. The molecule has 5 nitrogen and oxygen atoms in total. The van der Waals surface area contributed by atoms with E-state index in [-0.39, 0.29) is 12.1 Å². The van der Waals surface area contributed by atoms with Gasteiger partial charge in [0.05, 0.1) is 18.8 Å². The van der Waals surface area contributed by atoms with Crippen molar-refractivity contribution in [3.63, 3.8) is 0 Å². The van der Waals surface area contributed by atoms with E-state index in [1.54, 1.807) is 11.3 Å². The topological polar surface area (TPSA) is 54.2 Å². The molecule has 0 unspecified atom stereocenters. The molecule has 1 aliphatic rings. The third kappa shape index (κ3) is 2.86. The Bertz CT molecular complexity index is 524. The van der Waals surface area contributed by atoms with Crippen LogP contribution in [0.15, 0.2) is 24.0 Å². The van der Waals surface area contributed by atoms with Crippen LogP contribution in [0.1, 0.15) is 17.0 Å². The summed E-state index contributed by atoms with van der Waals surface area (Å²) in [7, 11) is 1.92. The smallest absolute Gasteiger partial charge is 0.107 e. The maximum absolute atomic E-state index is 10.2. The van der Waals surface area contributed by atoms with Crippen LogP contribution in [-0.2, 0) is 20.0 Å². The maximum Gasteiger partial charge on any atom is 0.107 e. The number of aryl methyl sites for hydroxylation is 1. The Hall–Kier alpha value is -1.24. The molecule has 3 heterocycles. The molecular weight excluding hydrogens is 260 g/mol. The molecule has 0 saturated carbocycles. The fourth-order valence-electron chi connectivity index (χ4n) is 2.68. The lowest BCUT2D eigenvalue weighted by Crippen LogP contribution is -2.36. The van der Waals surface area contributed by atoms with Gasteiger partial charge < -0.3 is 5.11 Å². The Kier molecular flexibility index (Phi) is 3.63. The van der Waals surface area contributed by atoms with E-state index in [2.05, 4.69) is 15.0 Å². The molecule has 3 rings (SSSR count). The number of aliphatic hydroxyl groups excluding tert-OH is 1. The van der Waals surface area contributed by atoms with E-state index in [1.165, 1.54) is 5.56 Å². The highest BCUT2D eigenvalue weighted by Gasteiger charge is 2.33. The van der Waals surface area contributed by atoms with Crippen molar-refractivity contribution in [2.24, 2.45) is 7.05 Å². The van der Waals surface area contributed by atoms with E-state index in [0.29, 0.717) is 0 Å². The minimum absolute atomic E-state index is 0.174. The summed E-state index contributed by atoms with van der Waals surface area (Å²) in [5, 5.41) is 17.5. The van der Waals surface area contributed by atoms with Crippen LogP contribution in [0.3, 0.4) is 0 Å². The number of rotatable bonds is 4. The summed E-state index contributed by atoms with van der Waals surface area (Å²) in [5.74, 6) is 0. The van der Waals surface area contributed by atoms with Crippen molar-refractivity contribution in [2.45, 2.75) is 31.5 Å². The predicted molar refractivity (Wildman–Crippen MR) is 73.8 cm³/mol. The molecule has 2 atom stereocenters. The van der Waals surface area contributed by atoms with Crippen LogP contribution in [-0.4, -0.2) is 43.5 Å². The van der Waals surface area contributed by atoms with E-state index in [9.17, 15) is 5.11 Å². The molecule has 102 valence electrons. The van der Waals surface area contributed by atoms with Crippen LogP contribution in [0.2, 0.25) is 0 Å². The number of nitrogens with zero attached hydrogens (tertiary/aromatic N) is 4. The molecule has 1 fully saturated rings. The summed E-state index contributed by atoms with van der Waals surface area (Å²) in [6, 6.07) is 0.174. The number of hydrogen-bond acceptors (Lipinski definition) is 5. The molecule has 0 aromatic carbocycles. The maximum atomic E-state index is 10.2. The average Bonchev–Trinajstić information content (AvgIpc) is 3.08. The van der Waals surface area contributed by atoms with Crippen molar-refractivity contribution in [1.82, 2.24) is 19.7 Å². The van der Waals surface area contributed by atoms with Gasteiger partial charge in [-0.3, -0.25) is 9.58 Å². The second kappa shape index (κ2) is 5.40. The normalized spacial score (nSPS) is 24.1. The number of hydrogen-bond donors (Lipinski definition) is 1. The van der Waals surface area contributed by atoms with Crippen LogP contribution in [0.4, 0.5) is 0 Å². The van der Waals surface area contributed by atoms with Crippen molar-refractivity contribution < 1.29 is 5.11 Å². The number of thiazole rings is 1. The van der Waals surface area contributed by atoms with Gasteiger partial charge in [-0.15, -0.1) is 11.3 Å². The lowest BCUT2D eigenvalue weighted by molar-refractivity contribution is 0.112. The van der Waals surface area contributed by atoms with Crippen LogP contribution < -0.4 is 0 Å². The first-order valence-corrected chi connectivity index (χ1v) is 7.38. The minimum atomic E-state index is -0.250. The quantitative estimate of drug-likeness (QED) is 0.908. The van der Waals surface area contributed by atoms with Gasteiger partial charge in [-0.25, -0.2) is 4.98 Å². The van der Waals surface area contributed by atoms with Gasteiger partial charge in [-0.1, -0.05) is 0 Å². The first kappa shape index (κ1) is 12.8. The molecule has 0 radical (unpaired) electrons. The first-order chi connectivity index (χ1) is 9.22. The molecule has 19 heavy (non-hydrogen) atoms. The third-order valence-corrected chi connectivity index (χ3v) is 4.41. The highest BCUT2D eigenvalue weighted by Crippen LogP contribution is 2.24. The number of aliphatic hydroxyl groups is 1. The van der Waals surface area contributed by atoms with Crippen molar-refractivity contribution in [2.75, 3.05) is 6.54 Å². The monoisotopic (exact) mass is 278 g/mol. The van der Waals surface area contributed by atoms with Crippen LogP contribution in [0.5, 0.6) is 0 Å². The molecule has 6 heteroatoms. The molecule has 1 saturated heterocycles. The van der Waals surface area contributed by atoms with E-state index >= 15 is 0 Å². The minimum Gasteiger partial charge on any atom is -0.391 e. The SMILES string of the molecule is Cn1cc(C[C@@H]2[C@H](O)CCN2Cc2nccs2)cn1. The Morgan fingerprint density at radius 3 is 3.11 bits per heavy atom. The molecule has 1 aliphatic heterocycles. The van der Waals surface area contributed by atoms with E-state index in [1.807, 2.05) is 35.7 Å². The summed E-state index contributed by atoms with van der Waals surface area (Å²) in [6.07, 6.45) is 7.18. The van der Waals surface area contributed by atoms with E-state index in [0.717, 1.165) is 30.9 Å². The Morgan fingerprint density at radius 1 is 1.53 bits per heavy atom. The molecule has 2 aromatic rings. The van der Waals surface area contributed by atoms with Crippen LogP contribution in [0, 0.1) is 0 Å². The fraction of sp³-hybridized carbons (Fsp3) is 0.538. The van der Waals surface area contributed by atoms with Crippen LogP contribution >= 0.6 is 11.3 Å². The summed E-state index contributed by atoms with van der Waals surface area (Å²) in [5.41, 5.74) is 1.18. The van der Waals surface area contributed by atoms with Crippen molar-refractivity contribution in [3.8, 4) is 0 Å². The van der Waals surface area contributed by atoms with E-state index < -0.39 is 0 Å². The van der Waals surface area contributed by atoms with Gasteiger partial charge in [0.15, 0.2) is 0 Å². The zero-order valence-corrected chi connectivity index (χ0v) is 11.8. The molecule has 2 aromatic heterocycles. The largest absolute Gasteiger partial charge is 0.391 e. The second-order valence-corrected chi connectivity index (χ2v) is 6.03. The van der Waals surface area contributed by atoms with Gasteiger partial charge in [0.1, 0.15) is 5.01 Å². The zero-order valence-electron chi connectivity index (χ0n) is 10.9. The Morgan fingerprint density at radius 2 is 2.42 bits per heavy atom. The summed E-state index contributed by atoms with van der Waals surface area (Å²) < 4.78 is 1.81. The highest BCUT2D eigenvalue weighted by molar-refractivity contribution is 7.09. The third-order valence-electron chi connectivity index (χ3n) is 3.65. The second-order valence-electron chi connectivity index (χ2n) is 5.05. The lowest BCUT2D eigenvalue weighted by Gasteiger charge is -2.24. The summed E-state index contributed by atoms with van der Waals surface area (Å²) >= 11 is 1.67. The van der Waals surface area contributed by atoms with Gasteiger partial charge in [-0.2, -0.15) is 5.10 Å². The zero-order chi connectivity index (χ0) is 13.2. The van der Waals surface area contributed by atoms with Crippen molar-refractivity contribution in [3.05, 3.63) is 34.5 Å². The Balaban J connectivity index is 1.69. The molecule has 0 aliphatic carbocycles. The van der Waals surface area contributed by atoms with E-state index in [4.69, 9.17) is 0 Å². The lowest BCUT2D eigenvalue weighted by atomic mass is 10.0. The predicted octanol–water partition coefficient (Wildman–Crippen LogP) is 1.05. The van der Waals surface area contributed by atoms with Crippen molar-refractivity contribution in [1.29, 1.82) is 0 Å². The van der Waals surface area contributed by atoms with Crippen molar-refractivity contribution >= 4 is 11.3 Å². The number of aromatic nitrogens is 3. The van der Waals surface area contributed by atoms with Gasteiger partial charge in [-0.05, 0) is 18.4 Å². The summed E-state index contributed by atoms with van der Waals surface area (Å²) in [4.78, 5) is 6.66. The molecule has 1 N–H and O–H groups in total. The summed E-state index contributed by atoms with van der Waals surface area (Å²) in [6.45, 7) is 1.77. The molecule has 0 bridgehead atoms. The highest BCUT2D eigenvalue weighted by atomic mass is 32.1. The van der Waals surface area contributed by atoms with Gasteiger partial charge in [0, 0.05) is 37.4 Å².